The number of carboxylic acids is 1. The van der Waals surface area contributed by atoms with Crippen molar-refractivity contribution in [3.63, 3.8) is 0 Å². The minimum Gasteiger partial charge on any atom is -0.481 e. The second-order valence-electron chi connectivity index (χ2n) is 6.58. The molecule has 5 nitrogen and oxygen atoms in total. The van der Waals surface area contributed by atoms with E-state index in [1.54, 1.807) is 19.9 Å². The van der Waals surface area contributed by atoms with E-state index < -0.39 is 23.5 Å². The molecule has 0 unspecified atom stereocenters. The first-order chi connectivity index (χ1) is 11.8. The molecule has 25 heavy (non-hydrogen) atoms. The van der Waals surface area contributed by atoms with Gasteiger partial charge in [0.25, 0.3) is 0 Å². The highest BCUT2D eigenvalue weighted by molar-refractivity contribution is 5.77. The van der Waals surface area contributed by atoms with Crippen molar-refractivity contribution in [1.82, 2.24) is 5.32 Å². The lowest BCUT2D eigenvalue weighted by atomic mass is 9.80. The molecule has 2 aromatic carbocycles. The summed E-state index contributed by atoms with van der Waals surface area (Å²) in [6, 6.07) is 16.0. The van der Waals surface area contributed by atoms with E-state index in [1.807, 2.05) is 55.5 Å². The van der Waals surface area contributed by atoms with Crippen molar-refractivity contribution < 1.29 is 19.4 Å². The SMILES string of the molecule is Cc1cccc([C@@H](NC(=O)OCc2ccccc2)C(C)(C)C(=O)O)c1. The van der Waals surface area contributed by atoms with Gasteiger partial charge in [-0.2, -0.15) is 0 Å². The molecule has 0 aliphatic carbocycles. The quantitative estimate of drug-likeness (QED) is 0.830. The van der Waals surface area contributed by atoms with Crippen LogP contribution >= 0.6 is 0 Å². The van der Waals surface area contributed by atoms with E-state index in [9.17, 15) is 14.7 Å². The molecule has 132 valence electrons. The Morgan fingerprint density at radius 3 is 2.40 bits per heavy atom. The molecule has 5 heteroatoms. The third-order valence-electron chi connectivity index (χ3n) is 4.12. The predicted molar refractivity (Wildman–Crippen MR) is 95.1 cm³/mol. The standard InChI is InChI=1S/C20H23NO4/c1-14-8-7-11-16(12-14)17(20(2,3)18(22)23)21-19(24)25-13-15-9-5-4-6-10-15/h4-12,17H,13H2,1-3H3,(H,21,24)(H,22,23)/t17-/m1/s1. The van der Waals surface area contributed by atoms with E-state index >= 15 is 0 Å². The van der Waals surface area contributed by atoms with Crippen LogP contribution in [0.3, 0.4) is 0 Å². The number of nitrogens with one attached hydrogen (secondary N) is 1. The third-order valence-corrected chi connectivity index (χ3v) is 4.12. The van der Waals surface area contributed by atoms with Crippen LogP contribution in [0, 0.1) is 12.3 Å². The van der Waals surface area contributed by atoms with Gasteiger partial charge < -0.3 is 15.2 Å². The predicted octanol–water partition coefficient (Wildman–Crippen LogP) is 4.07. The second-order valence-corrected chi connectivity index (χ2v) is 6.58. The molecule has 0 bridgehead atoms. The zero-order chi connectivity index (χ0) is 18.4. The highest BCUT2D eigenvalue weighted by atomic mass is 16.5. The molecule has 0 radical (unpaired) electrons. The molecule has 0 aliphatic heterocycles. The number of carbonyl (C=O) groups is 2. The first kappa shape index (κ1) is 18.5. The summed E-state index contributed by atoms with van der Waals surface area (Å²) in [5.41, 5.74) is 1.38. The van der Waals surface area contributed by atoms with Crippen molar-refractivity contribution in [2.45, 2.75) is 33.4 Å². The smallest absolute Gasteiger partial charge is 0.407 e. The number of rotatable bonds is 6. The van der Waals surface area contributed by atoms with Gasteiger partial charge in [0, 0.05) is 0 Å². The van der Waals surface area contributed by atoms with Crippen LogP contribution in [-0.4, -0.2) is 17.2 Å². The molecular weight excluding hydrogens is 318 g/mol. The Morgan fingerprint density at radius 1 is 1.12 bits per heavy atom. The van der Waals surface area contributed by atoms with Crippen LogP contribution in [0.1, 0.15) is 36.6 Å². The highest BCUT2D eigenvalue weighted by Gasteiger charge is 2.39. The maximum atomic E-state index is 12.2. The fourth-order valence-electron chi connectivity index (χ4n) is 2.54. The number of alkyl carbamates (subject to hydrolysis) is 1. The van der Waals surface area contributed by atoms with Gasteiger partial charge in [0.2, 0.25) is 0 Å². The van der Waals surface area contributed by atoms with Gasteiger partial charge in [-0.15, -0.1) is 0 Å². The van der Waals surface area contributed by atoms with Gasteiger partial charge in [-0.3, -0.25) is 4.79 Å². The van der Waals surface area contributed by atoms with E-state index in [2.05, 4.69) is 5.32 Å². The second kappa shape index (κ2) is 7.83. The Labute approximate surface area is 147 Å². The maximum absolute atomic E-state index is 12.2. The lowest BCUT2D eigenvalue weighted by molar-refractivity contribution is -0.148. The summed E-state index contributed by atoms with van der Waals surface area (Å²) in [6.07, 6.45) is -0.648. The molecule has 0 aliphatic rings. The molecule has 1 atom stereocenters. The average Bonchev–Trinajstić information content (AvgIpc) is 2.58. The van der Waals surface area contributed by atoms with E-state index in [-0.39, 0.29) is 6.61 Å². The lowest BCUT2D eigenvalue weighted by Crippen LogP contribution is -2.42. The van der Waals surface area contributed by atoms with Crippen LogP contribution < -0.4 is 5.32 Å². The van der Waals surface area contributed by atoms with Crippen LogP contribution in [0.5, 0.6) is 0 Å². The first-order valence-electron chi connectivity index (χ1n) is 8.08. The topological polar surface area (TPSA) is 75.6 Å². The number of hydrogen-bond donors (Lipinski definition) is 2. The van der Waals surface area contributed by atoms with E-state index in [1.165, 1.54) is 0 Å². The van der Waals surface area contributed by atoms with Crippen LogP contribution in [0.25, 0.3) is 0 Å². The molecule has 2 rings (SSSR count). The van der Waals surface area contributed by atoms with Crippen LogP contribution in [-0.2, 0) is 16.1 Å². The normalized spacial score (nSPS) is 12.3. The van der Waals surface area contributed by atoms with Crippen molar-refractivity contribution in [2.24, 2.45) is 5.41 Å². The van der Waals surface area contributed by atoms with Crippen LogP contribution in [0.2, 0.25) is 0 Å². The van der Waals surface area contributed by atoms with Gasteiger partial charge in [0.15, 0.2) is 0 Å². The molecule has 2 N–H and O–H groups in total. The van der Waals surface area contributed by atoms with Crippen molar-refractivity contribution in [3.05, 3.63) is 71.3 Å². The van der Waals surface area contributed by atoms with Crippen molar-refractivity contribution >= 4 is 12.1 Å². The van der Waals surface area contributed by atoms with Gasteiger partial charge in [0.1, 0.15) is 6.61 Å². The fourth-order valence-corrected chi connectivity index (χ4v) is 2.54. The van der Waals surface area contributed by atoms with E-state index in [0.717, 1.165) is 16.7 Å². The molecule has 0 fully saturated rings. The first-order valence-corrected chi connectivity index (χ1v) is 8.08. The number of ether oxygens (including phenoxy) is 1. The number of carbonyl (C=O) groups excluding carboxylic acids is 1. The van der Waals surface area contributed by atoms with Gasteiger partial charge in [0.05, 0.1) is 11.5 Å². The van der Waals surface area contributed by atoms with Gasteiger partial charge >= 0.3 is 12.1 Å². The Kier molecular flexibility index (Phi) is 5.80. The molecular formula is C20H23NO4. The van der Waals surface area contributed by atoms with Crippen molar-refractivity contribution in [3.8, 4) is 0 Å². The number of aliphatic carboxylic acids is 1. The average molecular weight is 341 g/mol. The summed E-state index contributed by atoms with van der Waals surface area (Å²) in [6.45, 7) is 5.21. The van der Waals surface area contributed by atoms with Gasteiger partial charge in [-0.05, 0) is 31.9 Å². The molecule has 2 aromatic rings. The summed E-state index contributed by atoms with van der Waals surface area (Å²) in [7, 11) is 0. The molecule has 1 amide bonds. The van der Waals surface area contributed by atoms with Crippen LogP contribution in [0.15, 0.2) is 54.6 Å². The maximum Gasteiger partial charge on any atom is 0.407 e. The summed E-state index contributed by atoms with van der Waals surface area (Å²) in [5.74, 6) is -0.998. The molecule has 0 spiro atoms. The Bertz CT molecular complexity index is 740. The minimum atomic E-state index is -1.19. The zero-order valence-corrected chi connectivity index (χ0v) is 14.7. The van der Waals surface area contributed by atoms with E-state index in [4.69, 9.17) is 4.74 Å². The summed E-state index contributed by atoms with van der Waals surface area (Å²) < 4.78 is 5.24. The Hall–Kier alpha value is -2.82. The number of carboxylic acid groups (broad SMARTS) is 1. The largest absolute Gasteiger partial charge is 0.481 e. The molecule has 0 aromatic heterocycles. The number of hydrogen-bond acceptors (Lipinski definition) is 3. The number of amides is 1. The lowest BCUT2D eigenvalue weighted by Gasteiger charge is -2.31. The molecule has 0 saturated carbocycles. The number of aryl methyl sites for hydroxylation is 1. The fraction of sp³-hybridized carbons (Fsp3) is 0.300. The number of benzene rings is 2. The monoisotopic (exact) mass is 341 g/mol. The zero-order valence-electron chi connectivity index (χ0n) is 14.7. The third kappa shape index (κ3) is 4.83. The van der Waals surface area contributed by atoms with Gasteiger partial charge in [-0.25, -0.2) is 4.79 Å². The highest BCUT2D eigenvalue weighted by Crippen LogP contribution is 2.34. The van der Waals surface area contributed by atoms with Crippen molar-refractivity contribution in [2.75, 3.05) is 0 Å². The van der Waals surface area contributed by atoms with Crippen molar-refractivity contribution in [1.29, 1.82) is 0 Å². The summed E-state index contributed by atoms with van der Waals surface area (Å²) >= 11 is 0. The molecule has 0 saturated heterocycles. The summed E-state index contributed by atoms with van der Waals surface area (Å²) in [5, 5.41) is 12.3. The van der Waals surface area contributed by atoms with E-state index in [0.29, 0.717) is 0 Å². The minimum absolute atomic E-state index is 0.126. The Morgan fingerprint density at radius 2 is 1.80 bits per heavy atom. The van der Waals surface area contributed by atoms with Gasteiger partial charge in [-0.1, -0.05) is 60.2 Å². The Balaban J connectivity index is 2.15. The molecule has 0 heterocycles. The van der Waals surface area contributed by atoms with Crippen LogP contribution in [0.4, 0.5) is 4.79 Å². The summed E-state index contributed by atoms with van der Waals surface area (Å²) in [4.78, 5) is 23.9.